The van der Waals surface area contributed by atoms with Gasteiger partial charge in [-0.3, -0.25) is 9.69 Å². The summed E-state index contributed by atoms with van der Waals surface area (Å²) in [5.74, 6) is 0.164. The van der Waals surface area contributed by atoms with Gasteiger partial charge in [-0.15, -0.1) is 0 Å². The van der Waals surface area contributed by atoms with Gasteiger partial charge in [0.2, 0.25) is 0 Å². The SMILES string of the molecule is CCN1CCN(C(=O)c2cccc(C)c2F)C[C@@H]1c1ncc[nH]1. The fourth-order valence-electron chi connectivity index (χ4n) is 3.09. The average Bonchev–Trinajstić information content (AvgIpc) is 3.10. The third kappa shape index (κ3) is 2.99. The van der Waals surface area contributed by atoms with Crippen LogP contribution >= 0.6 is 0 Å². The van der Waals surface area contributed by atoms with Gasteiger partial charge in [0.15, 0.2) is 0 Å². The number of carbonyl (C=O) groups is 1. The predicted octanol–water partition coefficient (Wildman–Crippen LogP) is 2.38. The average molecular weight is 316 g/mol. The smallest absolute Gasteiger partial charge is 0.256 e. The van der Waals surface area contributed by atoms with E-state index in [1.54, 1.807) is 42.4 Å². The number of aryl methyl sites for hydroxylation is 1. The Morgan fingerprint density at radius 3 is 2.96 bits per heavy atom. The van der Waals surface area contributed by atoms with Gasteiger partial charge in [-0.2, -0.15) is 0 Å². The molecular weight excluding hydrogens is 295 g/mol. The number of rotatable bonds is 3. The third-order valence-corrected chi connectivity index (χ3v) is 4.44. The Morgan fingerprint density at radius 1 is 1.43 bits per heavy atom. The Balaban J connectivity index is 1.83. The molecule has 1 aromatic heterocycles. The number of hydrogen-bond acceptors (Lipinski definition) is 3. The van der Waals surface area contributed by atoms with Crippen molar-refractivity contribution in [3.63, 3.8) is 0 Å². The lowest BCUT2D eigenvalue weighted by Gasteiger charge is -2.40. The van der Waals surface area contributed by atoms with Crippen LogP contribution in [0, 0.1) is 12.7 Å². The van der Waals surface area contributed by atoms with Gasteiger partial charge >= 0.3 is 0 Å². The number of aromatic nitrogens is 2. The highest BCUT2D eigenvalue weighted by Crippen LogP contribution is 2.24. The number of carbonyl (C=O) groups excluding carboxylic acids is 1. The van der Waals surface area contributed by atoms with Crippen LogP contribution in [0.25, 0.3) is 0 Å². The molecule has 1 aliphatic rings. The summed E-state index contributed by atoms with van der Waals surface area (Å²) in [6.07, 6.45) is 3.49. The van der Waals surface area contributed by atoms with Gasteiger partial charge < -0.3 is 9.88 Å². The van der Waals surface area contributed by atoms with E-state index < -0.39 is 5.82 Å². The number of aromatic amines is 1. The molecular formula is C17H21FN4O. The predicted molar refractivity (Wildman–Crippen MR) is 85.6 cm³/mol. The van der Waals surface area contributed by atoms with Crippen LogP contribution in [0.2, 0.25) is 0 Å². The number of benzene rings is 1. The molecule has 6 heteroatoms. The molecule has 1 fully saturated rings. The Kier molecular flexibility index (Phi) is 4.43. The standard InChI is InChI=1S/C17H21FN4O/c1-3-21-9-10-22(11-14(21)16-19-7-8-20-16)17(23)13-6-4-5-12(2)15(13)18/h4-8,14H,3,9-11H2,1-2H3,(H,19,20)/t14-/m1/s1. The second kappa shape index (κ2) is 6.50. The van der Waals surface area contributed by atoms with Crippen LogP contribution in [0.3, 0.4) is 0 Å². The lowest BCUT2D eigenvalue weighted by atomic mass is 10.1. The first-order chi connectivity index (χ1) is 11.1. The molecule has 3 rings (SSSR count). The Hall–Kier alpha value is -2.21. The molecule has 0 aliphatic carbocycles. The summed E-state index contributed by atoms with van der Waals surface area (Å²) in [6.45, 7) is 6.50. The molecule has 0 spiro atoms. The molecule has 0 radical (unpaired) electrons. The normalized spacial score (nSPS) is 19.1. The minimum absolute atomic E-state index is 0.0144. The molecule has 1 aliphatic heterocycles. The van der Waals surface area contributed by atoms with Crippen LogP contribution in [-0.4, -0.2) is 51.9 Å². The summed E-state index contributed by atoms with van der Waals surface area (Å²) in [7, 11) is 0. The first kappa shape index (κ1) is 15.7. The van der Waals surface area contributed by atoms with Crippen LogP contribution in [0.5, 0.6) is 0 Å². The van der Waals surface area contributed by atoms with Crippen LogP contribution in [0.15, 0.2) is 30.6 Å². The summed E-state index contributed by atoms with van der Waals surface area (Å²) in [4.78, 5) is 24.2. The van der Waals surface area contributed by atoms with E-state index in [9.17, 15) is 9.18 Å². The van der Waals surface area contributed by atoms with Gasteiger partial charge in [0, 0.05) is 32.0 Å². The maximum Gasteiger partial charge on any atom is 0.256 e. The quantitative estimate of drug-likeness (QED) is 0.946. The molecule has 5 nitrogen and oxygen atoms in total. The zero-order chi connectivity index (χ0) is 16.4. The lowest BCUT2D eigenvalue weighted by Crippen LogP contribution is -2.50. The number of hydrogen-bond donors (Lipinski definition) is 1. The van der Waals surface area contributed by atoms with Gasteiger partial charge in [0.05, 0.1) is 11.6 Å². The molecule has 122 valence electrons. The molecule has 1 amide bonds. The molecule has 2 aromatic rings. The van der Waals surface area contributed by atoms with E-state index >= 15 is 0 Å². The molecule has 1 N–H and O–H groups in total. The van der Waals surface area contributed by atoms with Crippen molar-refractivity contribution in [1.29, 1.82) is 0 Å². The van der Waals surface area contributed by atoms with Gasteiger partial charge in [-0.1, -0.05) is 19.1 Å². The van der Waals surface area contributed by atoms with E-state index in [-0.39, 0.29) is 17.5 Å². The highest BCUT2D eigenvalue weighted by atomic mass is 19.1. The number of amides is 1. The summed E-state index contributed by atoms with van der Waals surface area (Å²) in [6, 6.07) is 4.96. The summed E-state index contributed by atoms with van der Waals surface area (Å²) in [5.41, 5.74) is 0.638. The second-order valence-corrected chi connectivity index (χ2v) is 5.81. The molecule has 0 saturated carbocycles. The van der Waals surface area contributed by atoms with Crippen molar-refractivity contribution in [1.82, 2.24) is 19.8 Å². The number of halogens is 1. The van der Waals surface area contributed by atoms with E-state index in [0.29, 0.717) is 18.7 Å². The number of imidazole rings is 1. The zero-order valence-electron chi connectivity index (χ0n) is 13.4. The highest BCUT2D eigenvalue weighted by Gasteiger charge is 2.32. The first-order valence-electron chi connectivity index (χ1n) is 7.89. The minimum atomic E-state index is -0.426. The van der Waals surface area contributed by atoms with Crippen molar-refractivity contribution in [2.45, 2.75) is 19.9 Å². The highest BCUT2D eigenvalue weighted by molar-refractivity contribution is 5.94. The van der Waals surface area contributed by atoms with Crippen LogP contribution in [-0.2, 0) is 0 Å². The number of piperazine rings is 1. The van der Waals surface area contributed by atoms with Gasteiger partial charge in [-0.25, -0.2) is 9.37 Å². The van der Waals surface area contributed by atoms with Crippen molar-refractivity contribution < 1.29 is 9.18 Å². The molecule has 23 heavy (non-hydrogen) atoms. The minimum Gasteiger partial charge on any atom is -0.347 e. The maximum atomic E-state index is 14.2. The second-order valence-electron chi connectivity index (χ2n) is 5.81. The Labute approximate surface area is 135 Å². The van der Waals surface area contributed by atoms with Crippen molar-refractivity contribution in [3.05, 3.63) is 53.4 Å². The number of likely N-dealkylation sites (N-methyl/N-ethyl adjacent to an activating group) is 1. The van der Waals surface area contributed by atoms with E-state index in [1.165, 1.54) is 0 Å². The Bertz CT molecular complexity index is 686. The van der Waals surface area contributed by atoms with E-state index in [0.717, 1.165) is 18.9 Å². The number of nitrogens with one attached hydrogen (secondary N) is 1. The van der Waals surface area contributed by atoms with Gasteiger partial charge in [0.25, 0.3) is 5.91 Å². The molecule has 2 heterocycles. The van der Waals surface area contributed by atoms with E-state index in [2.05, 4.69) is 21.8 Å². The molecule has 1 atom stereocenters. The topological polar surface area (TPSA) is 52.2 Å². The lowest BCUT2D eigenvalue weighted by molar-refractivity contribution is 0.0475. The fraction of sp³-hybridized carbons (Fsp3) is 0.412. The summed E-state index contributed by atoms with van der Waals surface area (Å²) in [5, 5.41) is 0. The summed E-state index contributed by atoms with van der Waals surface area (Å²) < 4.78 is 14.2. The van der Waals surface area contributed by atoms with Crippen LogP contribution in [0.1, 0.15) is 34.7 Å². The van der Waals surface area contributed by atoms with E-state index in [1.807, 2.05) is 0 Å². The largest absolute Gasteiger partial charge is 0.347 e. The van der Waals surface area contributed by atoms with Gasteiger partial charge in [0.1, 0.15) is 11.6 Å². The van der Waals surface area contributed by atoms with Crippen molar-refractivity contribution >= 4 is 5.91 Å². The maximum absolute atomic E-state index is 14.2. The van der Waals surface area contributed by atoms with Crippen molar-refractivity contribution in [3.8, 4) is 0 Å². The monoisotopic (exact) mass is 316 g/mol. The third-order valence-electron chi connectivity index (χ3n) is 4.44. The zero-order valence-corrected chi connectivity index (χ0v) is 13.4. The van der Waals surface area contributed by atoms with Gasteiger partial charge in [-0.05, 0) is 25.1 Å². The number of nitrogens with zero attached hydrogens (tertiary/aromatic N) is 3. The first-order valence-corrected chi connectivity index (χ1v) is 7.89. The molecule has 1 saturated heterocycles. The van der Waals surface area contributed by atoms with Crippen LogP contribution < -0.4 is 0 Å². The van der Waals surface area contributed by atoms with E-state index in [4.69, 9.17) is 0 Å². The Morgan fingerprint density at radius 2 is 2.26 bits per heavy atom. The van der Waals surface area contributed by atoms with Crippen molar-refractivity contribution in [2.75, 3.05) is 26.2 Å². The molecule has 0 bridgehead atoms. The van der Waals surface area contributed by atoms with Crippen molar-refractivity contribution in [2.24, 2.45) is 0 Å². The molecule has 1 aromatic carbocycles. The number of H-pyrrole nitrogens is 1. The molecule has 0 unspecified atom stereocenters. The summed E-state index contributed by atoms with van der Waals surface area (Å²) >= 11 is 0. The fourth-order valence-corrected chi connectivity index (χ4v) is 3.09. The van der Waals surface area contributed by atoms with Crippen LogP contribution in [0.4, 0.5) is 4.39 Å².